The number of allylic oxidation sites excluding steroid dienone is 3. The summed E-state index contributed by atoms with van der Waals surface area (Å²) >= 11 is 0. The summed E-state index contributed by atoms with van der Waals surface area (Å²) in [6, 6.07) is 6.81. The number of aromatic nitrogens is 2. The van der Waals surface area contributed by atoms with Crippen molar-refractivity contribution >= 4 is 16.7 Å². The maximum Gasteiger partial charge on any atom is 0.111 e. The average molecular weight is 335 g/mol. The van der Waals surface area contributed by atoms with Crippen molar-refractivity contribution < 1.29 is 0 Å². The lowest BCUT2D eigenvalue weighted by atomic mass is 10.2. The Morgan fingerprint density at radius 1 is 0.920 bits per heavy atom. The number of fused-ring (bicyclic) bond motifs is 3. The fraction of sp³-hybridized carbons (Fsp3) is 0.450. The molecule has 0 spiro atoms. The summed E-state index contributed by atoms with van der Waals surface area (Å²) in [6.07, 6.45) is 7.55. The van der Waals surface area contributed by atoms with Crippen LogP contribution in [-0.2, 0) is 13.0 Å². The lowest BCUT2D eigenvalue weighted by molar-refractivity contribution is 0.313. The van der Waals surface area contributed by atoms with Crippen molar-refractivity contribution in [2.24, 2.45) is 0 Å². The van der Waals surface area contributed by atoms with Crippen LogP contribution in [0.25, 0.3) is 11.0 Å². The highest BCUT2D eigenvalue weighted by molar-refractivity contribution is 5.80. The van der Waals surface area contributed by atoms with Gasteiger partial charge < -0.3 is 19.3 Å². The Hall–Kier alpha value is -2.27. The Morgan fingerprint density at radius 2 is 1.72 bits per heavy atom. The van der Waals surface area contributed by atoms with Crippen molar-refractivity contribution in [1.82, 2.24) is 19.4 Å². The Morgan fingerprint density at radius 3 is 2.48 bits per heavy atom. The third-order valence-corrected chi connectivity index (χ3v) is 5.78. The maximum atomic E-state index is 4.92. The molecule has 3 heterocycles. The van der Waals surface area contributed by atoms with Crippen LogP contribution in [0, 0.1) is 0 Å². The Balaban J connectivity index is 1.43. The van der Waals surface area contributed by atoms with Gasteiger partial charge >= 0.3 is 0 Å². The van der Waals surface area contributed by atoms with Gasteiger partial charge in [-0.1, -0.05) is 6.08 Å². The summed E-state index contributed by atoms with van der Waals surface area (Å²) in [4.78, 5) is 12.3. The van der Waals surface area contributed by atoms with Gasteiger partial charge in [0.15, 0.2) is 0 Å². The molecular weight excluding hydrogens is 310 g/mol. The molecule has 1 saturated heterocycles. The molecule has 2 aromatic rings. The first kappa shape index (κ1) is 15.0. The van der Waals surface area contributed by atoms with Gasteiger partial charge in [0.2, 0.25) is 0 Å². The number of benzene rings is 1. The van der Waals surface area contributed by atoms with E-state index in [1.165, 1.54) is 22.7 Å². The average Bonchev–Trinajstić information content (AvgIpc) is 2.80. The first-order valence-electron chi connectivity index (χ1n) is 9.34. The molecule has 1 aromatic carbocycles. The molecule has 25 heavy (non-hydrogen) atoms. The van der Waals surface area contributed by atoms with Crippen LogP contribution in [0.5, 0.6) is 0 Å². The summed E-state index contributed by atoms with van der Waals surface area (Å²) in [5.41, 5.74) is 5.15. The highest BCUT2D eigenvalue weighted by Crippen LogP contribution is 2.26. The smallest absolute Gasteiger partial charge is 0.111 e. The molecule has 5 heteroatoms. The van der Waals surface area contributed by atoms with Crippen LogP contribution in [-0.4, -0.2) is 65.7 Å². The third kappa shape index (κ3) is 2.63. The van der Waals surface area contributed by atoms with Crippen molar-refractivity contribution in [3.05, 3.63) is 47.9 Å². The molecule has 0 atom stereocenters. The molecule has 0 radical (unpaired) electrons. The van der Waals surface area contributed by atoms with Crippen LogP contribution in [0.1, 0.15) is 5.82 Å². The van der Waals surface area contributed by atoms with Crippen LogP contribution < -0.4 is 4.90 Å². The van der Waals surface area contributed by atoms with E-state index < -0.39 is 0 Å². The molecule has 1 aliphatic carbocycles. The quantitative estimate of drug-likeness (QED) is 0.840. The van der Waals surface area contributed by atoms with E-state index in [4.69, 9.17) is 4.98 Å². The van der Waals surface area contributed by atoms with Crippen molar-refractivity contribution in [3.8, 4) is 0 Å². The van der Waals surface area contributed by atoms with Gasteiger partial charge in [0, 0.05) is 63.6 Å². The van der Waals surface area contributed by atoms with Crippen LogP contribution in [0.15, 0.2) is 42.1 Å². The third-order valence-electron chi connectivity index (χ3n) is 5.78. The predicted octanol–water partition coefficient (Wildman–Crippen LogP) is 2.10. The lowest BCUT2D eigenvalue weighted by Gasteiger charge is -2.34. The van der Waals surface area contributed by atoms with Gasteiger partial charge in [0.1, 0.15) is 5.82 Å². The van der Waals surface area contributed by atoms with Gasteiger partial charge in [0.25, 0.3) is 0 Å². The second-order valence-corrected chi connectivity index (χ2v) is 7.33. The van der Waals surface area contributed by atoms with E-state index in [2.05, 4.69) is 62.7 Å². The minimum Gasteiger partial charge on any atom is -0.369 e. The van der Waals surface area contributed by atoms with Gasteiger partial charge in [-0.25, -0.2) is 4.98 Å². The Bertz CT molecular complexity index is 854. The second kappa shape index (κ2) is 5.92. The number of anilines is 1. The summed E-state index contributed by atoms with van der Waals surface area (Å²) < 4.78 is 2.44. The van der Waals surface area contributed by atoms with E-state index in [-0.39, 0.29) is 0 Å². The molecule has 130 valence electrons. The van der Waals surface area contributed by atoms with E-state index in [0.29, 0.717) is 0 Å². The molecule has 5 rings (SSSR count). The Labute approximate surface area is 148 Å². The van der Waals surface area contributed by atoms with Gasteiger partial charge in [-0.15, -0.1) is 0 Å². The molecular formula is C20H25N5. The number of hydrogen-bond donors (Lipinski definition) is 0. The fourth-order valence-electron chi connectivity index (χ4n) is 4.08. The van der Waals surface area contributed by atoms with Gasteiger partial charge in [-0.05, 0) is 37.4 Å². The molecule has 5 nitrogen and oxygen atoms in total. The normalized spacial score (nSPS) is 21.1. The Kier molecular flexibility index (Phi) is 3.55. The minimum atomic E-state index is 1.02. The zero-order valence-corrected chi connectivity index (χ0v) is 14.9. The largest absolute Gasteiger partial charge is 0.369 e. The number of piperazine rings is 1. The topological polar surface area (TPSA) is 27.5 Å². The second-order valence-electron chi connectivity index (χ2n) is 7.33. The van der Waals surface area contributed by atoms with Crippen molar-refractivity contribution in [1.29, 1.82) is 0 Å². The zero-order chi connectivity index (χ0) is 16.8. The number of nitrogens with zero attached hydrogens (tertiary/aromatic N) is 5. The zero-order valence-electron chi connectivity index (χ0n) is 14.9. The maximum absolute atomic E-state index is 4.92. The van der Waals surface area contributed by atoms with E-state index >= 15 is 0 Å². The summed E-state index contributed by atoms with van der Waals surface area (Å²) in [5, 5.41) is 0. The highest BCUT2D eigenvalue weighted by Gasteiger charge is 2.21. The fourth-order valence-corrected chi connectivity index (χ4v) is 4.08. The first-order chi connectivity index (χ1) is 12.3. The summed E-state index contributed by atoms with van der Waals surface area (Å²) in [5.74, 6) is 1.23. The molecule has 1 fully saturated rings. The standard InChI is InChI=1S/C20H25N5/c1-22-9-11-24(12-10-22)17-5-6-18-19(15-17)25-14-13-23(16-3-2-4-16)8-7-20(25)21-18/h2-6,15H,7-14H2,1H3. The predicted molar refractivity (Wildman–Crippen MR) is 102 cm³/mol. The number of rotatable bonds is 2. The first-order valence-corrected chi connectivity index (χ1v) is 9.34. The van der Waals surface area contributed by atoms with E-state index in [0.717, 1.165) is 57.8 Å². The van der Waals surface area contributed by atoms with Crippen LogP contribution in [0.4, 0.5) is 5.69 Å². The molecule has 0 saturated carbocycles. The molecule has 2 aliphatic heterocycles. The summed E-state index contributed by atoms with van der Waals surface area (Å²) in [6.45, 7) is 7.64. The van der Waals surface area contributed by atoms with Crippen molar-refractivity contribution in [3.63, 3.8) is 0 Å². The van der Waals surface area contributed by atoms with Crippen LogP contribution >= 0.6 is 0 Å². The monoisotopic (exact) mass is 335 g/mol. The van der Waals surface area contributed by atoms with Crippen LogP contribution in [0.2, 0.25) is 0 Å². The van der Waals surface area contributed by atoms with Crippen LogP contribution in [0.3, 0.4) is 0 Å². The number of imidazole rings is 1. The van der Waals surface area contributed by atoms with Gasteiger partial charge in [-0.2, -0.15) is 0 Å². The number of likely N-dealkylation sites (N-methyl/N-ethyl adjacent to an activating group) is 1. The lowest BCUT2D eigenvalue weighted by Crippen LogP contribution is -2.44. The van der Waals surface area contributed by atoms with E-state index in [1.54, 1.807) is 0 Å². The SMILES string of the molecule is CN1CCN(c2ccc3nc4n(c3c2)CCN(C2=CC=C2)CC4)CC1. The van der Waals surface area contributed by atoms with Crippen molar-refractivity contribution in [2.75, 3.05) is 51.2 Å². The molecule has 0 N–H and O–H groups in total. The van der Waals surface area contributed by atoms with Gasteiger partial charge in [-0.3, -0.25) is 0 Å². The highest BCUT2D eigenvalue weighted by atomic mass is 15.3. The minimum absolute atomic E-state index is 1.02. The molecule has 3 aliphatic rings. The molecule has 0 bridgehead atoms. The van der Waals surface area contributed by atoms with Crippen molar-refractivity contribution in [2.45, 2.75) is 13.0 Å². The molecule has 0 amide bonds. The van der Waals surface area contributed by atoms with E-state index in [9.17, 15) is 0 Å². The summed E-state index contributed by atoms with van der Waals surface area (Å²) in [7, 11) is 2.20. The molecule has 1 aromatic heterocycles. The van der Waals surface area contributed by atoms with E-state index in [1.807, 2.05) is 0 Å². The van der Waals surface area contributed by atoms with Gasteiger partial charge in [0.05, 0.1) is 11.0 Å². The number of hydrogen-bond acceptors (Lipinski definition) is 4. The molecule has 0 unspecified atom stereocenters.